The van der Waals surface area contributed by atoms with Crippen molar-refractivity contribution in [1.82, 2.24) is 0 Å². The molecule has 0 aromatic heterocycles. The van der Waals surface area contributed by atoms with E-state index in [-0.39, 0.29) is 23.7 Å². The van der Waals surface area contributed by atoms with Gasteiger partial charge in [0.15, 0.2) is 0 Å². The number of allylic oxidation sites excluding steroid dienone is 2. The Labute approximate surface area is 139 Å². The van der Waals surface area contributed by atoms with Gasteiger partial charge in [0.05, 0.1) is 11.8 Å². The smallest absolute Gasteiger partial charge is 0.307 e. The summed E-state index contributed by atoms with van der Waals surface area (Å²) in [6.07, 6.45) is 4.61. The van der Waals surface area contributed by atoms with E-state index in [1.54, 1.807) is 18.2 Å². The fourth-order valence-corrected chi connectivity index (χ4v) is 3.81. The van der Waals surface area contributed by atoms with Crippen molar-refractivity contribution in [2.75, 3.05) is 10.6 Å². The number of carbonyl (C=O) groups excluding carboxylic acids is 2. The number of fused-ring (bicyclic) bond motifs is 2. The highest BCUT2D eigenvalue weighted by Gasteiger charge is 2.51. The average molecular weight is 328 g/mol. The fourth-order valence-electron chi connectivity index (χ4n) is 3.81. The zero-order chi connectivity index (χ0) is 17.4. The molecule has 0 radical (unpaired) electrons. The second kappa shape index (κ2) is 6.11. The van der Waals surface area contributed by atoms with Crippen molar-refractivity contribution in [3.63, 3.8) is 0 Å². The largest absolute Gasteiger partial charge is 0.481 e. The summed E-state index contributed by atoms with van der Waals surface area (Å²) in [7, 11) is 0. The van der Waals surface area contributed by atoms with Gasteiger partial charge in [-0.05, 0) is 48.9 Å². The molecular formula is C18H20N2O4. The van der Waals surface area contributed by atoms with E-state index in [2.05, 4.69) is 10.6 Å². The van der Waals surface area contributed by atoms with Gasteiger partial charge in [0.1, 0.15) is 0 Å². The molecule has 0 spiro atoms. The highest BCUT2D eigenvalue weighted by molar-refractivity contribution is 5.97. The summed E-state index contributed by atoms with van der Waals surface area (Å²) in [5.41, 5.74) is 2.11. The Kier molecular flexibility index (Phi) is 4.13. The maximum Gasteiger partial charge on any atom is 0.307 e. The Morgan fingerprint density at radius 3 is 2.33 bits per heavy atom. The second-order valence-electron chi connectivity index (χ2n) is 6.54. The van der Waals surface area contributed by atoms with Crippen LogP contribution in [0.25, 0.3) is 0 Å². The molecule has 6 nitrogen and oxygen atoms in total. The Hall–Kier alpha value is -2.63. The standard InChI is InChI=1S/C18H20N2O4/c1-9-7-13(5-6-14(9)19-10(2)21)20-17(22)15-11-3-4-12(8-11)16(15)18(23)24/h3-7,11-12,15-16H,8H2,1-2H3,(H,19,21)(H,20,22)(H,23,24)/t11-,12-,15-,16+/m0/s1. The number of carbonyl (C=O) groups is 3. The summed E-state index contributed by atoms with van der Waals surface area (Å²) >= 11 is 0. The van der Waals surface area contributed by atoms with E-state index < -0.39 is 17.8 Å². The topological polar surface area (TPSA) is 95.5 Å². The van der Waals surface area contributed by atoms with Crippen molar-refractivity contribution in [2.24, 2.45) is 23.7 Å². The zero-order valence-electron chi connectivity index (χ0n) is 13.6. The van der Waals surface area contributed by atoms with Gasteiger partial charge in [0, 0.05) is 18.3 Å². The predicted octanol–water partition coefficient (Wildman–Crippen LogP) is 2.41. The molecule has 0 unspecified atom stereocenters. The van der Waals surface area contributed by atoms with Gasteiger partial charge in [0.25, 0.3) is 0 Å². The lowest BCUT2D eigenvalue weighted by molar-refractivity contribution is -0.146. The minimum atomic E-state index is -0.913. The number of benzene rings is 1. The van der Waals surface area contributed by atoms with E-state index in [0.29, 0.717) is 11.4 Å². The molecule has 1 saturated carbocycles. The third-order valence-corrected chi connectivity index (χ3v) is 4.85. The first-order valence-corrected chi connectivity index (χ1v) is 7.97. The first-order chi connectivity index (χ1) is 11.4. The number of rotatable bonds is 4. The number of carboxylic acids is 1. The lowest BCUT2D eigenvalue weighted by atomic mass is 9.82. The molecular weight excluding hydrogens is 308 g/mol. The van der Waals surface area contributed by atoms with E-state index in [1.165, 1.54) is 6.92 Å². The van der Waals surface area contributed by atoms with Gasteiger partial charge in [-0.1, -0.05) is 12.2 Å². The van der Waals surface area contributed by atoms with E-state index >= 15 is 0 Å². The monoisotopic (exact) mass is 328 g/mol. The second-order valence-corrected chi connectivity index (χ2v) is 6.54. The van der Waals surface area contributed by atoms with Crippen molar-refractivity contribution < 1.29 is 19.5 Å². The molecule has 2 amide bonds. The summed E-state index contributed by atoms with van der Waals surface area (Å²) in [6, 6.07) is 5.19. The summed E-state index contributed by atoms with van der Waals surface area (Å²) < 4.78 is 0. The third kappa shape index (κ3) is 2.91. The van der Waals surface area contributed by atoms with Crippen LogP contribution in [0.15, 0.2) is 30.4 Å². The molecule has 2 aliphatic carbocycles. The van der Waals surface area contributed by atoms with Gasteiger partial charge in [0.2, 0.25) is 11.8 Å². The molecule has 1 aromatic carbocycles. The highest BCUT2D eigenvalue weighted by Crippen LogP contribution is 2.48. The number of nitrogens with one attached hydrogen (secondary N) is 2. The summed E-state index contributed by atoms with van der Waals surface area (Å²) in [6.45, 7) is 3.27. The van der Waals surface area contributed by atoms with Crippen molar-refractivity contribution in [3.05, 3.63) is 35.9 Å². The van der Waals surface area contributed by atoms with Crippen LogP contribution in [0.1, 0.15) is 18.9 Å². The van der Waals surface area contributed by atoms with Gasteiger partial charge in [-0.25, -0.2) is 0 Å². The molecule has 6 heteroatoms. The summed E-state index contributed by atoms with van der Waals surface area (Å²) in [4.78, 5) is 35.3. The van der Waals surface area contributed by atoms with Crippen molar-refractivity contribution in [1.29, 1.82) is 0 Å². The molecule has 3 N–H and O–H groups in total. The molecule has 1 fully saturated rings. The molecule has 1 aromatic rings. The zero-order valence-corrected chi connectivity index (χ0v) is 13.6. The lowest BCUT2D eigenvalue weighted by Crippen LogP contribution is -2.36. The normalized spacial score (nSPS) is 27.1. The Balaban J connectivity index is 1.75. The summed E-state index contributed by atoms with van der Waals surface area (Å²) in [5.74, 6) is -2.57. The van der Waals surface area contributed by atoms with Gasteiger partial charge in [-0.2, -0.15) is 0 Å². The Morgan fingerprint density at radius 1 is 1.08 bits per heavy atom. The molecule has 24 heavy (non-hydrogen) atoms. The average Bonchev–Trinajstić information content (AvgIpc) is 3.10. The number of amides is 2. The van der Waals surface area contributed by atoms with Crippen LogP contribution in [0.4, 0.5) is 11.4 Å². The predicted molar refractivity (Wildman–Crippen MR) is 89.5 cm³/mol. The number of aliphatic carboxylic acids is 1. The van der Waals surface area contributed by atoms with Crippen LogP contribution in [0.5, 0.6) is 0 Å². The quantitative estimate of drug-likeness (QED) is 0.740. The highest BCUT2D eigenvalue weighted by atomic mass is 16.4. The van der Waals surface area contributed by atoms with E-state index in [9.17, 15) is 19.5 Å². The van der Waals surface area contributed by atoms with E-state index in [0.717, 1.165) is 12.0 Å². The number of aryl methyl sites for hydroxylation is 1. The van der Waals surface area contributed by atoms with Gasteiger partial charge in [-0.15, -0.1) is 0 Å². The first-order valence-electron chi connectivity index (χ1n) is 7.97. The molecule has 126 valence electrons. The van der Waals surface area contributed by atoms with Crippen LogP contribution in [0.2, 0.25) is 0 Å². The van der Waals surface area contributed by atoms with Crippen LogP contribution in [-0.4, -0.2) is 22.9 Å². The maximum atomic E-state index is 12.6. The minimum Gasteiger partial charge on any atom is -0.481 e. The first kappa shape index (κ1) is 16.2. The van der Waals surface area contributed by atoms with E-state index in [1.807, 2.05) is 19.1 Å². The molecule has 0 heterocycles. The molecule has 3 rings (SSSR count). The Morgan fingerprint density at radius 2 is 1.75 bits per heavy atom. The number of anilines is 2. The van der Waals surface area contributed by atoms with Gasteiger partial charge < -0.3 is 15.7 Å². The number of carboxylic acid groups (broad SMARTS) is 1. The molecule has 0 saturated heterocycles. The van der Waals surface area contributed by atoms with Crippen LogP contribution >= 0.6 is 0 Å². The maximum absolute atomic E-state index is 12.6. The molecule has 0 aliphatic heterocycles. The van der Waals surface area contributed by atoms with Gasteiger partial charge >= 0.3 is 5.97 Å². The lowest BCUT2D eigenvalue weighted by Gasteiger charge is -2.24. The van der Waals surface area contributed by atoms with Crippen molar-refractivity contribution in [3.8, 4) is 0 Å². The Bertz CT molecular complexity index is 741. The third-order valence-electron chi connectivity index (χ3n) is 4.85. The van der Waals surface area contributed by atoms with Crippen LogP contribution in [0, 0.1) is 30.6 Å². The fraction of sp³-hybridized carbons (Fsp3) is 0.389. The van der Waals surface area contributed by atoms with Crippen molar-refractivity contribution in [2.45, 2.75) is 20.3 Å². The van der Waals surface area contributed by atoms with Gasteiger partial charge in [-0.3, -0.25) is 14.4 Å². The molecule has 2 bridgehead atoms. The van der Waals surface area contributed by atoms with Crippen LogP contribution < -0.4 is 10.6 Å². The number of hydrogen-bond donors (Lipinski definition) is 3. The SMILES string of the molecule is CC(=O)Nc1ccc(NC(=O)[C@@H]2[C@H](C(=O)O)[C@H]3C=C[C@H]2C3)cc1C. The van der Waals surface area contributed by atoms with Crippen LogP contribution in [0.3, 0.4) is 0 Å². The summed E-state index contributed by atoms with van der Waals surface area (Å²) in [5, 5.41) is 15.0. The molecule has 2 aliphatic rings. The number of hydrogen-bond acceptors (Lipinski definition) is 3. The minimum absolute atomic E-state index is 0.00384. The van der Waals surface area contributed by atoms with E-state index in [4.69, 9.17) is 0 Å². The van der Waals surface area contributed by atoms with Crippen LogP contribution in [-0.2, 0) is 14.4 Å². The van der Waals surface area contributed by atoms with Crippen molar-refractivity contribution >= 4 is 29.2 Å². The molecule has 4 atom stereocenters.